The lowest BCUT2D eigenvalue weighted by atomic mass is 9.84. The average molecular weight is 407 g/mol. The lowest BCUT2D eigenvalue weighted by Gasteiger charge is -2.38. The summed E-state index contributed by atoms with van der Waals surface area (Å²) in [4.78, 5) is 15.3. The van der Waals surface area contributed by atoms with Crippen LogP contribution < -0.4 is 4.74 Å². The second-order valence-electron chi connectivity index (χ2n) is 7.77. The molecule has 4 rings (SSSR count). The highest BCUT2D eigenvalue weighted by Gasteiger charge is 2.43. The Morgan fingerprint density at radius 1 is 1.03 bits per heavy atom. The van der Waals surface area contributed by atoms with E-state index in [9.17, 15) is 22.4 Å². The number of rotatable bonds is 5. The van der Waals surface area contributed by atoms with Gasteiger partial charge in [0, 0.05) is 30.1 Å². The van der Waals surface area contributed by atoms with Crippen LogP contribution in [0.25, 0.3) is 0 Å². The van der Waals surface area contributed by atoms with Crippen molar-refractivity contribution < 1.29 is 27.1 Å². The Morgan fingerprint density at radius 2 is 1.69 bits per heavy atom. The van der Waals surface area contributed by atoms with E-state index in [1.807, 2.05) is 18.2 Å². The van der Waals surface area contributed by atoms with Crippen molar-refractivity contribution in [3.63, 3.8) is 0 Å². The molecule has 2 aliphatic rings. The predicted octanol–water partition coefficient (Wildman–Crippen LogP) is 5.35. The maximum absolute atomic E-state index is 14.0. The molecular weight excluding hydrogens is 386 g/mol. The monoisotopic (exact) mass is 407 g/mol. The number of piperidine rings is 1. The average Bonchev–Trinajstić information content (AvgIpc) is 2.90. The number of hydrogen-bond acceptors (Lipinski definition) is 3. The van der Waals surface area contributed by atoms with E-state index >= 15 is 0 Å². The van der Waals surface area contributed by atoms with Crippen LogP contribution >= 0.6 is 0 Å². The van der Waals surface area contributed by atoms with Crippen LogP contribution in [0.1, 0.15) is 41.6 Å². The first-order valence-corrected chi connectivity index (χ1v) is 9.69. The lowest BCUT2D eigenvalue weighted by molar-refractivity contribution is -0.275. The molecule has 2 unspecified atom stereocenters. The number of benzene rings is 2. The van der Waals surface area contributed by atoms with E-state index in [0.717, 1.165) is 31.5 Å². The van der Waals surface area contributed by atoms with E-state index in [2.05, 4.69) is 21.8 Å². The van der Waals surface area contributed by atoms with E-state index < -0.39 is 17.9 Å². The van der Waals surface area contributed by atoms with Crippen LogP contribution in [0.4, 0.5) is 17.6 Å². The van der Waals surface area contributed by atoms with Gasteiger partial charge in [0.05, 0.1) is 0 Å². The van der Waals surface area contributed by atoms with Gasteiger partial charge in [-0.25, -0.2) is 4.39 Å². The summed E-state index contributed by atoms with van der Waals surface area (Å²) in [5.74, 6) is -2.56. The number of ether oxygens (including phenoxy) is 1. The third-order valence-corrected chi connectivity index (χ3v) is 5.91. The molecule has 0 aromatic heterocycles. The van der Waals surface area contributed by atoms with Crippen molar-refractivity contribution in [3.8, 4) is 5.75 Å². The molecule has 29 heavy (non-hydrogen) atoms. The summed E-state index contributed by atoms with van der Waals surface area (Å²) < 4.78 is 54.5. The summed E-state index contributed by atoms with van der Waals surface area (Å²) in [7, 11) is 0. The number of halogens is 4. The fourth-order valence-electron chi connectivity index (χ4n) is 4.64. The topological polar surface area (TPSA) is 29.5 Å². The summed E-state index contributed by atoms with van der Waals surface area (Å²) in [5, 5.41) is 0. The Balaban J connectivity index is 1.44. The Kier molecular flexibility index (Phi) is 5.34. The molecule has 2 heterocycles. The van der Waals surface area contributed by atoms with Crippen molar-refractivity contribution in [2.24, 2.45) is 5.92 Å². The number of alkyl halides is 3. The van der Waals surface area contributed by atoms with Gasteiger partial charge < -0.3 is 4.74 Å². The van der Waals surface area contributed by atoms with Crippen LogP contribution in [0.3, 0.4) is 0 Å². The van der Waals surface area contributed by atoms with Crippen molar-refractivity contribution in [1.29, 1.82) is 0 Å². The summed E-state index contributed by atoms with van der Waals surface area (Å²) in [6.07, 6.45) is -1.56. The van der Waals surface area contributed by atoms with Crippen molar-refractivity contribution in [2.45, 2.75) is 50.7 Å². The van der Waals surface area contributed by atoms with Crippen molar-refractivity contribution in [2.75, 3.05) is 0 Å². The van der Waals surface area contributed by atoms with Gasteiger partial charge in [-0.2, -0.15) is 0 Å². The first kappa shape index (κ1) is 19.9. The zero-order valence-corrected chi connectivity index (χ0v) is 15.7. The van der Waals surface area contributed by atoms with Gasteiger partial charge in [0.2, 0.25) is 0 Å². The summed E-state index contributed by atoms with van der Waals surface area (Å²) in [6.45, 7) is 0.842. The molecule has 2 atom stereocenters. The standard InChI is InChI=1S/C22H21F4NO2/c23-19-12-15(6-9-20(19)29-22(24,25)26)21(28)16-10-17-7-8-18(11-16)27(17)13-14-4-2-1-3-5-14/h1-6,9,12,16-18H,7-8,10-11,13H2. The van der Waals surface area contributed by atoms with E-state index in [1.54, 1.807) is 0 Å². The molecule has 3 nitrogen and oxygen atoms in total. The van der Waals surface area contributed by atoms with Crippen LogP contribution in [-0.2, 0) is 6.54 Å². The minimum Gasteiger partial charge on any atom is -0.403 e. The largest absolute Gasteiger partial charge is 0.573 e. The molecule has 2 fully saturated rings. The van der Waals surface area contributed by atoms with Crippen LogP contribution in [0.5, 0.6) is 5.75 Å². The van der Waals surface area contributed by atoms with Gasteiger partial charge in [-0.15, -0.1) is 13.2 Å². The van der Waals surface area contributed by atoms with E-state index in [-0.39, 0.29) is 17.3 Å². The Labute approximate surface area is 166 Å². The molecule has 2 aliphatic heterocycles. The first-order chi connectivity index (χ1) is 13.8. The zero-order chi connectivity index (χ0) is 20.6. The smallest absolute Gasteiger partial charge is 0.403 e. The Bertz CT molecular complexity index is 870. The van der Waals surface area contributed by atoms with Crippen LogP contribution in [0, 0.1) is 11.7 Å². The molecular formula is C22H21F4NO2. The number of carbonyl (C=O) groups excluding carboxylic acids is 1. The molecule has 0 saturated carbocycles. The molecule has 0 radical (unpaired) electrons. The molecule has 0 amide bonds. The summed E-state index contributed by atoms with van der Waals surface area (Å²) in [6, 6.07) is 13.7. The highest BCUT2D eigenvalue weighted by atomic mass is 19.4. The zero-order valence-electron chi connectivity index (χ0n) is 15.7. The fraction of sp³-hybridized carbons (Fsp3) is 0.409. The molecule has 0 aliphatic carbocycles. The molecule has 2 saturated heterocycles. The minimum absolute atomic E-state index is 0.0953. The van der Waals surface area contributed by atoms with Crippen molar-refractivity contribution >= 4 is 5.78 Å². The number of carbonyl (C=O) groups is 1. The molecule has 0 spiro atoms. The normalized spacial score (nSPS) is 24.5. The molecule has 7 heteroatoms. The van der Waals surface area contributed by atoms with Crippen LogP contribution in [0.2, 0.25) is 0 Å². The van der Waals surface area contributed by atoms with Gasteiger partial charge >= 0.3 is 6.36 Å². The molecule has 154 valence electrons. The molecule has 2 bridgehead atoms. The van der Waals surface area contributed by atoms with Gasteiger partial charge in [0.15, 0.2) is 17.3 Å². The molecule has 2 aromatic rings. The maximum Gasteiger partial charge on any atom is 0.573 e. The molecule has 0 N–H and O–H groups in total. The molecule has 2 aromatic carbocycles. The minimum atomic E-state index is -4.98. The van der Waals surface area contributed by atoms with Gasteiger partial charge in [-0.3, -0.25) is 9.69 Å². The van der Waals surface area contributed by atoms with Crippen molar-refractivity contribution in [3.05, 3.63) is 65.5 Å². The first-order valence-electron chi connectivity index (χ1n) is 9.69. The van der Waals surface area contributed by atoms with E-state index in [1.165, 1.54) is 11.6 Å². The summed E-state index contributed by atoms with van der Waals surface area (Å²) in [5.41, 5.74) is 1.33. The predicted molar refractivity (Wildman–Crippen MR) is 98.9 cm³/mol. The summed E-state index contributed by atoms with van der Waals surface area (Å²) >= 11 is 0. The highest BCUT2D eigenvalue weighted by molar-refractivity contribution is 5.98. The van der Waals surface area contributed by atoms with E-state index in [0.29, 0.717) is 24.9 Å². The SMILES string of the molecule is O=C(c1ccc(OC(F)(F)F)c(F)c1)C1CC2CCC(C1)N2Cc1ccccc1. The van der Waals surface area contributed by atoms with Gasteiger partial charge in [0.25, 0.3) is 0 Å². The number of fused-ring (bicyclic) bond motifs is 2. The lowest BCUT2D eigenvalue weighted by Crippen LogP contribution is -2.44. The Hall–Kier alpha value is -2.41. The van der Waals surface area contributed by atoms with Crippen LogP contribution in [-0.4, -0.2) is 29.1 Å². The van der Waals surface area contributed by atoms with Gasteiger partial charge in [-0.05, 0) is 49.4 Å². The van der Waals surface area contributed by atoms with Gasteiger partial charge in [-0.1, -0.05) is 30.3 Å². The second kappa shape index (κ2) is 7.78. The highest BCUT2D eigenvalue weighted by Crippen LogP contribution is 2.41. The maximum atomic E-state index is 14.0. The van der Waals surface area contributed by atoms with E-state index in [4.69, 9.17) is 0 Å². The third-order valence-electron chi connectivity index (χ3n) is 5.91. The third kappa shape index (κ3) is 4.45. The number of Topliss-reactive ketones (excluding diaryl/α,β-unsaturated/α-hetero) is 1. The number of ketones is 1. The van der Waals surface area contributed by atoms with Crippen molar-refractivity contribution in [1.82, 2.24) is 4.90 Å². The fourth-order valence-corrected chi connectivity index (χ4v) is 4.64. The quantitative estimate of drug-likeness (QED) is 0.494. The van der Waals surface area contributed by atoms with Crippen LogP contribution in [0.15, 0.2) is 48.5 Å². The Morgan fingerprint density at radius 3 is 2.28 bits per heavy atom. The van der Waals surface area contributed by atoms with Gasteiger partial charge in [0.1, 0.15) is 0 Å². The number of nitrogens with zero attached hydrogens (tertiary/aromatic N) is 1. The number of hydrogen-bond donors (Lipinski definition) is 0. The second-order valence-corrected chi connectivity index (χ2v) is 7.77.